The zero-order chi connectivity index (χ0) is 21.2. The van der Waals surface area contributed by atoms with E-state index in [2.05, 4.69) is 16.9 Å². The van der Waals surface area contributed by atoms with Crippen LogP contribution < -0.4 is 10.1 Å². The van der Waals surface area contributed by atoms with E-state index in [1.165, 1.54) is 11.0 Å². The number of amides is 2. The number of rotatable bonds is 5. The van der Waals surface area contributed by atoms with E-state index in [-0.39, 0.29) is 49.7 Å². The molecule has 0 atom stereocenters. The van der Waals surface area contributed by atoms with Gasteiger partial charge in [-0.25, -0.2) is 4.79 Å². The fourth-order valence-corrected chi connectivity index (χ4v) is 3.30. The van der Waals surface area contributed by atoms with Crippen LogP contribution in [-0.4, -0.2) is 53.1 Å². The summed E-state index contributed by atoms with van der Waals surface area (Å²) in [7, 11) is 0. The van der Waals surface area contributed by atoms with E-state index >= 15 is 0 Å². The highest BCUT2D eigenvalue weighted by molar-refractivity contribution is 6.15. The molecule has 3 rings (SSSR count). The molecule has 0 aromatic heterocycles. The predicted octanol–water partition coefficient (Wildman–Crippen LogP) is 3.05. The van der Waals surface area contributed by atoms with Crippen molar-refractivity contribution in [2.75, 3.05) is 19.7 Å². The van der Waals surface area contributed by atoms with E-state index in [1.54, 1.807) is 6.08 Å². The molecule has 0 bridgehead atoms. The highest BCUT2D eigenvalue weighted by Gasteiger charge is 2.47. The number of carbonyl (C=O) groups is 2. The molecule has 0 saturated carbocycles. The number of ether oxygens (including phenoxy) is 1. The van der Waals surface area contributed by atoms with Gasteiger partial charge in [0.25, 0.3) is 5.91 Å². The van der Waals surface area contributed by atoms with Crippen molar-refractivity contribution in [3.63, 3.8) is 0 Å². The van der Waals surface area contributed by atoms with Crippen LogP contribution in [0.3, 0.4) is 0 Å². The number of nitrogens with one attached hydrogen (secondary N) is 1. The van der Waals surface area contributed by atoms with E-state index in [4.69, 9.17) is 9.84 Å². The molecule has 1 saturated heterocycles. The fraction of sp³-hybridized carbons (Fsp3) is 0.421. The summed E-state index contributed by atoms with van der Waals surface area (Å²) in [6.07, 6.45) is -3.30. The van der Waals surface area contributed by atoms with Crippen molar-refractivity contribution in [3.05, 3.63) is 42.0 Å². The molecular formula is C19H20F3N3O4. The first-order chi connectivity index (χ1) is 13.6. The number of hydrogen-bond donors (Lipinski definition) is 2. The zero-order valence-corrected chi connectivity index (χ0v) is 15.5. The van der Waals surface area contributed by atoms with E-state index in [9.17, 15) is 22.8 Å². The minimum atomic E-state index is -4.60. The largest absolute Gasteiger partial charge is 0.493 e. The molecule has 1 aromatic carbocycles. The van der Waals surface area contributed by atoms with Crippen LogP contribution in [0, 0.1) is 0 Å². The highest BCUT2D eigenvalue weighted by atomic mass is 19.4. The second-order valence-electron chi connectivity index (χ2n) is 6.89. The van der Waals surface area contributed by atoms with Crippen molar-refractivity contribution in [1.29, 1.82) is 0 Å². The van der Waals surface area contributed by atoms with Gasteiger partial charge < -0.3 is 20.1 Å². The molecule has 2 N–H and O–H groups in total. The number of likely N-dealkylation sites (tertiary alicyclic amines) is 1. The van der Waals surface area contributed by atoms with Gasteiger partial charge in [-0.3, -0.25) is 9.79 Å². The number of carboxylic acid groups (broad SMARTS) is 1. The van der Waals surface area contributed by atoms with Gasteiger partial charge in [-0.1, -0.05) is 6.08 Å². The van der Waals surface area contributed by atoms with Gasteiger partial charge in [0.05, 0.1) is 12.2 Å². The summed E-state index contributed by atoms with van der Waals surface area (Å²) in [5.41, 5.74) is -2.00. The molecular weight excluding hydrogens is 391 g/mol. The third-order valence-electron chi connectivity index (χ3n) is 4.94. The van der Waals surface area contributed by atoms with Gasteiger partial charge in [0.2, 0.25) is 0 Å². The zero-order valence-electron chi connectivity index (χ0n) is 15.5. The first kappa shape index (κ1) is 20.7. The summed E-state index contributed by atoms with van der Waals surface area (Å²) in [5, 5.41) is 11.6. The lowest BCUT2D eigenvalue weighted by atomic mass is 9.88. The lowest BCUT2D eigenvalue weighted by molar-refractivity contribution is -0.137. The van der Waals surface area contributed by atoms with Gasteiger partial charge in [0, 0.05) is 18.7 Å². The number of aliphatic imine (C=N–C) groups is 1. The number of benzene rings is 1. The van der Waals surface area contributed by atoms with Crippen LogP contribution in [0.4, 0.5) is 18.0 Å². The van der Waals surface area contributed by atoms with Crippen molar-refractivity contribution < 1.29 is 32.6 Å². The van der Waals surface area contributed by atoms with Crippen LogP contribution in [0.5, 0.6) is 5.75 Å². The van der Waals surface area contributed by atoms with Gasteiger partial charge in [-0.05, 0) is 37.5 Å². The lowest BCUT2D eigenvalue weighted by Gasteiger charge is -2.33. The Balaban J connectivity index is 1.91. The first-order valence-corrected chi connectivity index (χ1v) is 9.00. The maximum Gasteiger partial charge on any atom is 0.416 e. The number of alkyl halides is 3. The monoisotopic (exact) mass is 411 g/mol. The summed E-state index contributed by atoms with van der Waals surface area (Å²) < 4.78 is 45.3. The smallest absolute Gasteiger partial charge is 0.416 e. The summed E-state index contributed by atoms with van der Waals surface area (Å²) in [6, 6.07) is 3.19. The molecule has 10 heteroatoms. The van der Waals surface area contributed by atoms with Gasteiger partial charge in [0.1, 0.15) is 17.1 Å². The fourth-order valence-electron chi connectivity index (χ4n) is 3.30. The van der Waals surface area contributed by atoms with E-state index in [0.717, 1.165) is 12.1 Å². The Labute approximate surface area is 164 Å². The molecule has 1 spiro atoms. The quantitative estimate of drug-likeness (QED) is 0.576. The molecule has 1 fully saturated rings. The number of carbonyl (C=O) groups excluding carboxylic acids is 1. The number of hydrogen-bond acceptors (Lipinski definition) is 4. The predicted molar refractivity (Wildman–Crippen MR) is 98.0 cm³/mol. The molecule has 0 unspecified atom stereocenters. The van der Waals surface area contributed by atoms with E-state index < -0.39 is 29.3 Å². The molecule has 156 valence electrons. The Morgan fingerprint density at radius 2 is 2.03 bits per heavy atom. The van der Waals surface area contributed by atoms with E-state index in [0.29, 0.717) is 6.42 Å². The second kappa shape index (κ2) is 7.76. The standard InChI is InChI=1S/C19H20F3N3O4/c1-2-3-8-29-14-10-12(9-13(11-14)19(20,21)22)15-23-16(26)18(24-15)4-6-25(7-5-18)17(27)28/h2,9-11H,1,3-8H2,(H,27,28)(H,23,24,26). The van der Waals surface area contributed by atoms with Gasteiger partial charge in [-0.2, -0.15) is 13.2 Å². The minimum absolute atomic E-state index is 0.00951. The average molecular weight is 411 g/mol. The van der Waals surface area contributed by atoms with Crippen LogP contribution in [-0.2, 0) is 11.0 Å². The van der Waals surface area contributed by atoms with Crippen LogP contribution in [0.2, 0.25) is 0 Å². The Morgan fingerprint density at radius 1 is 1.34 bits per heavy atom. The molecule has 2 aliphatic rings. The molecule has 2 heterocycles. The average Bonchev–Trinajstić information content (AvgIpc) is 2.97. The number of piperidine rings is 1. The maximum atomic E-state index is 13.3. The van der Waals surface area contributed by atoms with Crippen molar-refractivity contribution in [2.24, 2.45) is 4.99 Å². The first-order valence-electron chi connectivity index (χ1n) is 9.00. The Hall–Kier alpha value is -3.04. The molecule has 0 aliphatic carbocycles. The molecule has 2 amide bonds. The van der Waals surface area contributed by atoms with Crippen molar-refractivity contribution in [3.8, 4) is 5.75 Å². The Bertz CT molecular complexity index is 859. The van der Waals surface area contributed by atoms with Gasteiger partial charge in [0.15, 0.2) is 0 Å². The Morgan fingerprint density at radius 3 is 2.62 bits per heavy atom. The third kappa shape index (κ3) is 4.36. The van der Waals surface area contributed by atoms with Crippen LogP contribution in [0.15, 0.2) is 35.8 Å². The number of amidine groups is 1. The summed E-state index contributed by atoms with van der Waals surface area (Å²) >= 11 is 0. The summed E-state index contributed by atoms with van der Waals surface area (Å²) in [4.78, 5) is 29.2. The van der Waals surface area contributed by atoms with Crippen molar-refractivity contribution in [2.45, 2.75) is 31.0 Å². The third-order valence-corrected chi connectivity index (χ3v) is 4.94. The number of nitrogens with zero attached hydrogens (tertiary/aromatic N) is 2. The van der Waals surface area contributed by atoms with E-state index in [1.807, 2.05) is 0 Å². The van der Waals surface area contributed by atoms with Crippen LogP contribution >= 0.6 is 0 Å². The second-order valence-corrected chi connectivity index (χ2v) is 6.89. The minimum Gasteiger partial charge on any atom is -0.493 e. The SMILES string of the molecule is C=CCCOc1cc(C2=NC3(CCN(C(=O)O)CC3)C(=O)N2)cc(C(F)(F)F)c1. The highest BCUT2D eigenvalue weighted by Crippen LogP contribution is 2.35. The van der Waals surface area contributed by atoms with Crippen molar-refractivity contribution in [1.82, 2.24) is 10.2 Å². The Kier molecular flexibility index (Phi) is 5.54. The van der Waals surface area contributed by atoms with Crippen molar-refractivity contribution >= 4 is 17.8 Å². The normalized spacial score (nSPS) is 18.4. The van der Waals surface area contributed by atoms with Gasteiger partial charge >= 0.3 is 12.3 Å². The maximum absolute atomic E-state index is 13.3. The molecule has 29 heavy (non-hydrogen) atoms. The van der Waals surface area contributed by atoms with Crippen LogP contribution in [0.25, 0.3) is 0 Å². The molecule has 0 radical (unpaired) electrons. The molecule has 1 aromatic rings. The summed E-state index contributed by atoms with van der Waals surface area (Å²) in [5.74, 6) is -0.405. The van der Waals surface area contributed by atoms with Gasteiger partial charge in [-0.15, -0.1) is 6.58 Å². The molecule has 7 nitrogen and oxygen atoms in total. The lowest BCUT2D eigenvalue weighted by Crippen LogP contribution is -2.50. The van der Waals surface area contributed by atoms with Crippen LogP contribution in [0.1, 0.15) is 30.4 Å². The number of halogens is 3. The molecule has 2 aliphatic heterocycles. The topological polar surface area (TPSA) is 91.2 Å². The summed E-state index contributed by atoms with van der Waals surface area (Å²) in [6.45, 7) is 3.95.